The monoisotopic (exact) mass is 432 g/mol. The molecule has 0 fully saturated rings. The van der Waals surface area contributed by atoms with Crippen LogP contribution >= 0.6 is 25.5 Å². The SMILES string of the molecule is CC(C)(C)P(=O)(O[P+](Cl)(c1ccccc1)C(C)(C)C)c1ccccc1.[Cl-]. The molecule has 0 aliphatic carbocycles. The summed E-state index contributed by atoms with van der Waals surface area (Å²) in [6, 6.07) is 19.3. The molecule has 0 aliphatic heterocycles. The van der Waals surface area contributed by atoms with Crippen LogP contribution in [0.4, 0.5) is 0 Å². The van der Waals surface area contributed by atoms with E-state index in [0.717, 1.165) is 5.30 Å². The van der Waals surface area contributed by atoms with Gasteiger partial charge in [-0.2, -0.15) is 4.31 Å². The molecular weight excluding hydrogens is 405 g/mol. The van der Waals surface area contributed by atoms with Gasteiger partial charge in [-0.25, -0.2) is 0 Å². The molecule has 0 saturated heterocycles. The molecule has 26 heavy (non-hydrogen) atoms. The molecule has 0 N–H and O–H groups in total. The Morgan fingerprint density at radius 2 is 1.27 bits per heavy atom. The fraction of sp³-hybridized carbons (Fsp3) is 0.400. The van der Waals surface area contributed by atoms with Crippen molar-refractivity contribution in [1.29, 1.82) is 0 Å². The van der Waals surface area contributed by atoms with E-state index in [2.05, 4.69) is 20.8 Å². The third kappa shape index (κ3) is 4.54. The first-order valence-electron chi connectivity index (χ1n) is 8.43. The quantitative estimate of drug-likeness (QED) is 0.689. The molecular formula is C20H28Cl2O2P2. The van der Waals surface area contributed by atoms with Gasteiger partial charge in [-0.15, -0.1) is 0 Å². The van der Waals surface area contributed by atoms with Crippen molar-refractivity contribution in [3.63, 3.8) is 0 Å². The molecule has 144 valence electrons. The molecule has 0 aromatic heterocycles. The molecule has 2 aromatic rings. The van der Waals surface area contributed by atoms with Crippen molar-refractivity contribution in [2.45, 2.75) is 51.9 Å². The summed E-state index contributed by atoms with van der Waals surface area (Å²) in [5.41, 5.74) is 0. The average molecular weight is 433 g/mol. The number of hydrogen-bond donors (Lipinski definition) is 0. The van der Waals surface area contributed by atoms with Crippen LogP contribution in [0.2, 0.25) is 0 Å². The van der Waals surface area contributed by atoms with Crippen LogP contribution in [0.5, 0.6) is 0 Å². The number of rotatable bonds is 4. The Morgan fingerprint density at radius 1 is 0.846 bits per heavy atom. The predicted molar refractivity (Wildman–Crippen MR) is 113 cm³/mol. The minimum atomic E-state index is -3.22. The van der Waals surface area contributed by atoms with Crippen LogP contribution in [-0.2, 0) is 8.88 Å². The standard InChI is InChI=1S/C20H28ClO2P2.ClH/c1-19(2,3)24(21,17-13-9-7-10-14-17)23-25(22,20(4,5)6)18-15-11-8-12-16-18;/h7-16H,1-6H3;1H/q+1;/p-1. The largest absolute Gasteiger partial charge is 1.00 e. The van der Waals surface area contributed by atoms with Crippen molar-refractivity contribution in [3.8, 4) is 0 Å². The highest BCUT2D eigenvalue weighted by Crippen LogP contribution is 2.81. The zero-order chi connectivity index (χ0) is 18.9. The van der Waals surface area contributed by atoms with Gasteiger partial charge in [0.15, 0.2) is 0 Å². The molecule has 2 aromatic carbocycles. The fourth-order valence-corrected chi connectivity index (χ4v) is 10.3. The van der Waals surface area contributed by atoms with Gasteiger partial charge in [0, 0.05) is 10.5 Å². The topological polar surface area (TPSA) is 26.3 Å². The van der Waals surface area contributed by atoms with Crippen LogP contribution in [-0.4, -0.2) is 10.3 Å². The van der Waals surface area contributed by atoms with Gasteiger partial charge in [-0.1, -0.05) is 57.2 Å². The van der Waals surface area contributed by atoms with E-state index in [4.69, 9.17) is 15.6 Å². The Bertz CT molecular complexity index is 753. The minimum absolute atomic E-state index is 0. The number of benzene rings is 2. The van der Waals surface area contributed by atoms with Crippen LogP contribution in [0, 0.1) is 0 Å². The lowest BCUT2D eigenvalue weighted by Gasteiger charge is -2.36. The maximum atomic E-state index is 14.2. The van der Waals surface area contributed by atoms with Crippen LogP contribution in [0.1, 0.15) is 41.5 Å². The molecule has 2 rings (SSSR count). The van der Waals surface area contributed by atoms with Crippen molar-refractivity contribution in [1.82, 2.24) is 0 Å². The predicted octanol–water partition coefficient (Wildman–Crippen LogP) is 3.62. The van der Waals surface area contributed by atoms with Gasteiger partial charge >= 0.3 is 0 Å². The van der Waals surface area contributed by atoms with E-state index in [1.165, 1.54) is 0 Å². The van der Waals surface area contributed by atoms with Crippen molar-refractivity contribution in [3.05, 3.63) is 60.7 Å². The second kappa shape index (κ2) is 8.34. The van der Waals surface area contributed by atoms with E-state index in [1.807, 2.05) is 81.4 Å². The molecule has 0 radical (unpaired) electrons. The highest BCUT2D eigenvalue weighted by Gasteiger charge is 2.60. The molecule has 0 saturated carbocycles. The summed E-state index contributed by atoms with van der Waals surface area (Å²) in [6.07, 6.45) is 0. The van der Waals surface area contributed by atoms with Crippen LogP contribution in [0.15, 0.2) is 60.7 Å². The van der Waals surface area contributed by atoms with E-state index in [9.17, 15) is 4.57 Å². The van der Waals surface area contributed by atoms with E-state index in [1.54, 1.807) is 0 Å². The first-order valence-corrected chi connectivity index (χ1v) is 12.7. The zero-order valence-electron chi connectivity index (χ0n) is 16.2. The van der Waals surface area contributed by atoms with Gasteiger partial charge in [-0.3, -0.25) is 4.57 Å². The lowest BCUT2D eigenvalue weighted by molar-refractivity contribution is -0.00000756. The molecule has 2 unspecified atom stereocenters. The second-order valence-corrected chi connectivity index (χ2v) is 16.1. The normalized spacial score (nSPS) is 16.9. The average Bonchev–Trinajstić information content (AvgIpc) is 2.54. The molecule has 6 heteroatoms. The third-order valence-corrected chi connectivity index (χ3v) is 14.1. The third-order valence-electron chi connectivity index (χ3n) is 4.16. The highest BCUT2D eigenvalue weighted by molar-refractivity contribution is 8.05. The maximum absolute atomic E-state index is 14.2. The summed E-state index contributed by atoms with van der Waals surface area (Å²) >= 11 is 7.20. The van der Waals surface area contributed by atoms with Gasteiger partial charge in [0.25, 0.3) is 14.2 Å². The van der Waals surface area contributed by atoms with Crippen LogP contribution in [0.3, 0.4) is 0 Å². The summed E-state index contributed by atoms with van der Waals surface area (Å²) < 4.78 is 20.8. The van der Waals surface area contributed by atoms with E-state index >= 15 is 0 Å². The first-order chi connectivity index (χ1) is 11.4. The van der Waals surface area contributed by atoms with E-state index < -0.39 is 19.4 Å². The summed E-state index contributed by atoms with van der Waals surface area (Å²) in [5, 5.41) is 0.720. The lowest BCUT2D eigenvalue weighted by atomic mass is 10.3. The van der Waals surface area contributed by atoms with Gasteiger partial charge in [0.1, 0.15) is 21.7 Å². The van der Waals surface area contributed by atoms with Crippen molar-refractivity contribution < 1.29 is 21.3 Å². The Morgan fingerprint density at radius 3 is 1.65 bits per heavy atom. The summed E-state index contributed by atoms with van der Waals surface area (Å²) in [6.45, 7) is 9.35. The number of halogens is 2. The van der Waals surface area contributed by atoms with Crippen molar-refractivity contribution >= 4 is 36.1 Å². The van der Waals surface area contributed by atoms with Crippen LogP contribution in [0.25, 0.3) is 0 Å². The van der Waals surface area contributed by atoms with Crippen LogP contribution < -0.4 is 23.0 Å². The Hall–Kier alpha value is -0.360. The van der Waals surface area contributed by atoms with Crippen molar-refractivity contribution in [2.24, 2.45) is 0 Å². The zero-order valence-corrected chi connectivity index (χ0v) is 19.5. The Kier molecular flexibility index (Phi) is 7.59. The molecule has 0 bridgehead atoms. The van der Waals surface area contributed by atoms with Crippen molar-refractivity contribution in [2.75, 3.05) is 0 Å². The van der Waals surface area contributed by atoms with Gasteiger partial charge in [0.05, 0.1) is 0 Å². The fourth-order valence-electron chi connectivity index (χ4n) is 2.52. The molecule has 0 heterocycles. The smallest absolute Gasteiger partial charge is 0.289 e. The van der Waals surface area contributed by atoms with E-state index in [-0.39, 0.29) is 17.6 Å². The molecule has 0 amide bonds. The molecule has 2 atom stereocenters. The summed E-state index contributed by atoms with van der Waals surface area (Å²) in [5.74, 6) is 0. The summed E-state index contributed by atoms with van der Waals surface area (Å²) in [4.78, 5) is 0. The summed E-state index contributed by atoms with van der Waals surface area (Å²) in [7, 11) is -3.22. The first kappa shape index (κ1) is 23.7. The maximum Gasteiger partial charge on any atom is 0.289 e. The number of hydrogen-bond acceptors (Lipinski definition) is 2. The second-order valence-electron chi connectivity index (χ2n) is 8.18. The Balaban J connectivity index is 0.00000338. The minimum Gasteiger partial charge on any atom is -1.00 e. The van der Waals surface area contributed by atoms with E-state index in [0.29, 0.717) is 5.30 Å². The molecule has 2 nitrogen and oxygen atoms in total. The lowest BCUT2D eigenvalue weighted by Crippen LogP contribution is -3.00. The highest BCUT2D eigenvalue weighted by atomic mass is 35.7. The molecule has 0 aliphatic rings. The van der Waals surface area contributed by atoms with Gasteiger partial charge in [-0.05, 0) is 45.0 Å². The molecule has 0 spiro atoms. The van der Waals surface area contributed by atoms with Gasteiger partial charge < -0.3 is 12.4 Å². The van der Waals surface area contributed by atoms with Gasteiger partial charge in [0.2, 0.25) is 0 Å². The Labute approximate surface area is 169 Å².